The summed E-state index contributed by atoms with van der Waals surface area (Å²) in [6.45, 7) is 3.51. The van der Waals surface area contributed by atoms with Crippen LogP contribution in [0.4, 0.5) is 15.8 Å². The van der Waals surface area contributed by atoms with Crippen molar-refractivity contribution in [2.24, 2.45) is 0 Å². The number of nitrogens with one attached hydrogen (secondary N) is 1. The standard InChI is InChI=1S/C26H26FN5O2S/c27-17-4-6-20(7-5-17)32-12-9-21-22(2-1-3-23(21)32)25(33)31-15-19(16-31)29-18-8-11-30(14-18)26(34)24-28-10-13-35-24/h1-7,10,13,18-19,29H,8-9,11-12,14-16H2/t18-/m0/s1. The smallest absolute Gasteiger partial charge is 0.282 e. The number of nitrogens with zero attached hydrogens (tertiary/aromatic N) is 4. The monoisotopic (exact) mass is 491 g/mol. The molecule has 1 aromatic heterocycles. The summed E-state index contributed by atoms with van der Waals surface area (Å²) >= 11 is 1.37. The van der Waals surface area contributed by atoms with Crippen LogP contribution in [0.2, 0.25) is 0 Å². The van der Waals surface area contributed by atoms with Crippen LogP contribution < -0.4 is 10.2 Å². The van der Waals surface area contributed by atoms with Gasteiger partial charge in [0.15, 0.2) is 5.01 Å². The molecule has 0 spiro atoms. The lowest BCUT2D eigenvalue weighted by atomic mass is 10.00. The van der Waals surface area contributed by atoms with Crippen LogP contribution in [0, 0.1) is 5.82 Å². The van der Waals surface area contributed by atoms with E-state index in [1.54, 1.807) is 18.3 Å². The first kappa shape index (κ1) is 22.2. The number of aromatic nitrogens is 1. The Balaban J connectivity index is 1.06. The molecule has 0 aliphatic carbocycles. The summed E-state index contributed by atoms with van der Waals surface area (Å²) in [6.07, 6.45) is 3.36. The molecule has 9 heteroatoms. The van der Waals surface area contributed by atoms with Crippen LogP contribution in [0.5, 0.6) is 0 Å². The zero-order valence-corrected chi connectivity index (χ0v) is 20.0. The molecular formula is C26H26FN5O2S. The van der Waals surface area contributed by atoms with Crippen LogP contribution in [0.1, 0.15) is 32.1 Å². The number of thiazole rings is 1. The highest BCUT2D eigenvalue weighted by Gasteiger charge is 2.37. The van der Waals surface area contributed by atoms with Crippen molar-refractivity contribution < 1.29 is 14.0 Å². The van der Waals surface area contributed by atoms with Crippen molar-refractivity contribution in [3.05, 3.63) is 76.0 Å². The van der Waals surface area contributed by atoms with Crippen molar-refractivity contribution in [1.82, 2.24) is 20.1 Å². The molecule has 0 bridgehead atoms. The van der Waals surface area contributed by atoms with Crippen molar-refractivity contribution in [3.8, 4) is 0 Å². The quantitative estimate of drug-likeness (QED) is 0.593. The third-order valence-corrected chi connectivity index (χ3v) is 7.89. The van der Waals surface area contributed by atoms with Crippen LogP contribution in [-0.2, 0) is 6.42 Å². The Morgan fingerprint density at radius 3 is 2.54 bits per heavy atom. The van der Waals surface area contributed by atoms with E-state index in [-0.39, 0.29) is 29.7 Å². The molecule has 7 nitrogen and oxygen atoms in total. The molecule has 180 valence electrons. The van der Waals surface area contributed by atoms with Crippen LogP contribution in [0.15, 0.2) is 54.0 Å². The number of carbonyl (C=O) groups is 2. The lowest BCUT2D eigenvalue weighted by Gasteiger charge is -2.41. The minimum absolute atomic E-state index is 0.00216. The van der Waals surface area contributed by atoms with Gasteiger partial charge in [0.2, 0.25) is 0 Å². The third-order valence-electron chi connectivity index (χ3n) is 7.13. The number of benzene rings is 2. The summed E-state index contributed by atoms with van der Waals surface area (Å²) in [6, 6.07) is 12.8. The van der Waals surface area contributed by atoms with Gasteiger partial charge in [0.05, 0.1) is 0 Å². The van der Waals surface area contributed by atoms with Gasteiger partial charge in [-0.15, -0.1) is 11.3 Å². The van der Waals surface area contributed by atoms with Gasteiger partial charge >= 0.3 is 0 Å². The molecule has 0 unspecified atom stereocenters. The van der Waals surface area contributed by atoms with Crippen molar-refractivity contribution in [2.75, 3.05) is 37.6 Å². The largest absolute Gasteiger partial charge is 0.341 e. The fraction of sp³-hybridized carbons (Fsp3) is 0.346. The van der Waals surface area contributed by atoms with Gasteiger partial charge in [0.25, 0.3) is 11.8 Å². The van der Waals surface area contributed by atoms with E-state index in [1.807, 2.05) is 33.4 Å². The Morgan fingerprint density at radius 1 is 0.971 bits per heavy atom. The molecule has 35 heavy (non-hydrogen) atoms. The number of halogens is 1. The lowest BCUT2D eigenvalue weighted by molar-refractivity contribution is 0.0552. The molecule has 3 aromatic rings. The summed E-state index contributed by atoms with van der Waals surface area (Å²) in [5.74, 6) is -0.190. The summed E-state index contributed by atoms with van der Waals surface area (Å²) in [4.78, 5) is 35.8. The van der Waals surface area contributed by atoms with Crippen LogP contribution >= 0.6 is 11.3 Å². The highest BCUT2D eigenvalue weighted by atomic mass is 32.1. The molecule has 2 aromatic carbocycles. The topological polar surface area (TPSA) is 68.8 Å². The minimum Gasteiger partial charge on any atom is -0.341 e. The normalized spacial score (nSPS) is 19.7. The number of likely N-dealkylation sites (tertiary alicyclic amines) is 2. The highest BCUT2D eigenvalue weighted by Crippen LogP contribution is 2.37. The summed E-state index contributed by atoms with van der Waals surface area (Å²) < 4.78 is 13.4. The van der Waals surface area contributed by atoms with Gasteiger partial charge in [-0.3, -0.25) is 9.59 Å². The van der Waals surface area contributed by atoms with Crippen LogP contribution in [0.25, 0.3) is 0 Å². The second-order valence-corrected chi connectivity index (χ2v) is 10.2. The van der Waals surface area contributed by atoms with E-state index in [1.165, 1.54) is 23.5 Å². The number of hydrogen-bond acceptors (Lipinski definition) is 6. The number of rotatable bonds is 5. The highest BCUT2D eigenvalue weighted by molar-refractivity contribution is 7.11. The fourth-order valence-electron chi connectivity index (χ4n) is 5.32. The van der Waals surface area contributed by atoms with Crippen molar-refractivity contribution in [3.63, 3.8) is 0 Å². The molecule has 1 N–H and O–H groups in total. The Hall–Kier alpha value is -3.30. The van der Waals surface area contributed by atoms with Crippen molar-refractivity contribution in [2.45, 2.75) is 24.9 Å². The Bertz CT molecular complexity index is 1240. The Labute approximate surface area is 207 Å². The zero-order chi connectivity index (χ0) is 23.9. The molecule has 3 aliphatic rings. The molecule has 2 fully saturated rings. The van der Waals surface area contributed by atoms with E-state index in [2.05, 4.69) is 15.2 Å². The van der Waals surface area contributed by atoms with Gasteiger partial charge in [-0.1, -0.05) is 6.07 Å². The molecular weight excluding hydrogens is 465 g/mol. The summed E-state index contributed by atoms with van der Waals surface area (Å²) in [7, 11) is 0. The molecule has 1 atom stereocenters. The maximum absolute atomic E-state index is 13.4. The van der Waals surface area contributed by atoms with E-state index in [9.17, 15) is 14.0 Å². The lowest BCUT2D eigenvalue weighted by Crippen LogP contribution is -2.62. The molecule has 0 saturated carbocycles. The van der Waals surface area contributed by atoms with E-state index < -0.39 is 0 Å². The fourth-order valence-corrected chi connectivity index (χ4v) is 5.92. The predicted molar refractivity (Wildman–Crippen MR) is 133 cm³/mol. The van der Waals surface area contributed by atoms with Gasteiger partial charge < -0.3 is 20.0 Å². The molecule has 0 radical (unpaired) electrons. The zero-order valence-electron chi connectivity index (χ0n) is 19.2. The predicted octanol–water partition coefficient (Wildman–Crippen LogP) is 3.31. The van der Waals surface area contributed by atoms with Gasteiger partial charge in [-0.25, -0.2) is 9.37 Å². The van der Waals surface area contributed by atoms with Crippen molar-refractivity contribution >= 4 is 34.5 Å². The first-order valence-electron chi connectivity index (χ1n) is 12.0. The maximum atomic E-state index is 13.4. The van der Waals surface area contributed by atoms with Gasteiger partial charge in [-0.05, 0) is 54.8 Å². The first-order valence-corrected chi connectivity index (χ1v) is 12.8. The van der Waals surface area contributed by atoms with Crippen LogP contribution in [0.3, 0.4) is 0 Å². The van der Waals surface area contributed by atoms with Gasteiger partial charge in [0, 0.05) is 73.3 Å². The van der Waals surface area contributed by atoms with E-state index in [0.717, 1.165) is 48.4 Å². The van der Waals surface area contributed by atoms with E-state index >= 15 is 0 Å². The second kappa shape index (κ2) is 9.05. The summed E-state index contributed by atoms with van der Waals surface area (Å²) in [5.41, 5.74) is 3.77. The number of carbonyl (C=O) groups excluding carboxylic acids is 2. The molecule has 6 rings (SSSR count). The Kier molecular flexibility index (Phi) is 5.74. The summed E-state index contributed by atoms with van der Waals surface area (Å²) in [5, 5.41) is 5.99. The van der Waals surface area contributed by atoms with E-state index in [4.69, 9.17) is 0 Å². The minimum atomic E-state index is -0.255. The number of hydrogen-bond donors (Lipinski definition) is 1. The molecule has 4 heterocycles. The van der Waals surface area contributed by atoms with Gasteiger partial charge in [-0.2, -0.15) is 0 Å². The average Bonchev–Trinajstić information content (AvgIpc) is 3.61. The SMILES string of the molecule is O=C(c1nccs1)N1CC[C@H](NC2CN(C(=O)c3cccc4c3CCN4c3ccc(F)cc3)C2)C1. The number of amides is 2. The first-order chi connectivity index (χ1) is 17.1. The number of fused-ring (bicyclic) bond motifs is 1. The third kappa shape index (κ3) is 4.19. The Morgan fingerprint density at radius 2 is 1.77 bits per heavy atom. The van der Waals surface area contributed by atoms with Gasteiger partial charge in [0.1, 0.15) is 5.82 Å². The molecule has 3 aliphatic heterocycles. The maximum Gasteiger partial charge on any atom is 0.282 e. The van der Waals surface area contributed by atoms with Crippen molar-refractivity contribution in [1.29, 1.82) is 0 Å². The second-order valence-electron chi connectivity index (χ2n) is 9.33. The molecule has 2 saturated heterocycles. The number of anilines is 2. The molecule has 2 amide bonds. The van der Waals surface area contributed by atoms with Crippen LogP contribution in [-0.4, -0.2) is 71.4 Å². The van der Waals surface area contributed by atoms with E-state index in [0.29, 0.717) is 24.6 Å². The average molecular weight is 492 g/mol.